The van der Waals surface area contributed by atoms with Gasteiger partial charge in [-0.2, -0.15) is 0 Å². The summed E-state index contributed by atoms with van der Waals surface area (Å²) in [6, 6.07) is 1.52. The number of hydrogen-bond donors (Lipinski definition) is 3. The van der Waals surface area contributed by atoms with Crippen LogP contribution in [0.2, 0.25) is 0 Å². The molecule has 8 heteroatoms. The highest BCUT2D eigenvalue weighted by molar-refractivity contribution is 7.71. The molecule has 1 aromatic heterocycles. The van der Waals surface area contributed by atoms with Gasteiger partial charge in [0.25, 0.3) is 5.91 Å². The van der Waals surface area contributed by atoms with E-state index in [0.29, 0.717) is 11.0 Å². The fraction of sp³-hybridized carbons (Fsp3) is 0.400. The molecule has 3 N–H and O–H groups in total. The van der Waals surface area contributed by atoms with E-state index >= 15 is 0 Å². The monoisotopic (exact) mass is 339 g/mol. The maximum Gasteiger partial charge on any atom is 0.328 e. The molecule has 0 unspecified atom stereocenters. The number of imidazole rings is 1. The van der Waals surface area contributed by atoms with Crippen LogP contribution in [0.1, 0.15) is 31.1 Å². The van der Waals surface area contributed by atoms with Gasteiger partial charge < -0.3 is 20.0 Å². The minimum Gasteiger partial charge on any atom is -0.464 e. The van der Waals surface area contributed by atoms with E-state index in [1.165, 1.54) is 6.07 Å². The second-order valence-electron chi connectivity index (χ2n) is 5.40. The van der Waals surface area contributed by atoms with Gasteiger partial charge in [-0.1, -0.05) is 13.8 Å². The van der Waals surface area contributed by atoms with Gasteiger partial charge in [-0.3, -0.25) is 4.79 Å². The first-order valence-corrected chi connectivity index (χ1v) is 7.63. The Kier molecular flexibility index (Phi) is 5.15. The molecule has 0 bridgehead atoms. The van der Waals surface area contributed by atoms with E-state index in [1.807, 2.05) is 0 Å². The number of aromatic amines is 2. The van der Waals surface area contributed by atoms with Crippen LogP contribution in [0.3, 0.4) is 0 Å². The quantitative estimate of drug-likeness (QED) is 0.577. The molecule has 124 valence electrons. The average Bonchev–Trinajstić information content (AvgIpc) is 2.83. The molecule has 0 spiro atoms. The molecule has 2 rings (SSSR count). The lowest BCUT2D eigenvalue weighted by Gasteiger charge is -2.20. The molecule has 1 amide bonds. The smallest absolute Gasteiger partial charge is 0.328 e. The lowest BCUT2D eigenvalue weighted by atomic mass is 10.0. The van der Waals surface area contributed by atoms with Crippen molar-refractivity contribution in [2.24, 2.45) is 5.92 Å². The van der Waals surface area contributed by atoms with E-state index < -0.39 is 23.7 Å². The molecule has 0 aliphatic heterocycles. The Morgan fingerprint density at radius 1 is 1.35 bits per heavy atom. The van der Waals surface area contributed by atoms with E-state index in [-0.39, 0.29) is 22.9 Å². The molecule has 1 aromatic carbocycles. The summed E-state index contributed by atoms with van der Waals surface area (Å²) in [5.41, 5.74) is 0.847. The highest BCUT2D eigenvalue weighted by Gasteiger charge is 2.27. The predicted octanol–water partition coefficient (Wildman–Crippen LogP) is 2.68. The van der Waals surface area contributed by atoms with Crippen LogP contribution >= 0.6 is 12.2 Å². The van der Waals surface area contributed by atoms with E-state index in [4.69, 9.17) is 17.0 Å². The second kappa shape index (κ2) is 6.91. The molecular weight excluding hydrogens is 321 g/mol. The van der Waals surface area contributed by atoms with Crippen molar-refractivity contribution < 1.29 is 18.7 Å². The van der Waals surface area contributed by atoms with Gasteiger partial charge in [0, 0.05) is 0 Å². The zero-order valence-corrected chi connectivity index (χ0v) is 13.8. The van der Waals surface area contributed by atoms with Gasteiger partial charge in [0.15, 0.2) is 4.77 Å². The molecular formula is C15H18FN3O3S. The number of carbonyl (C=O) groups is 2. The summed E-state index contributed by atoms with van der Waals surface area (Å²) in [5, 5.41) is 2.60. The maximum atomic E-state index is 13.7. The number of aromatic nitrogens is 2. The number of halogens is 1. The van der Waals surface area contributed by atoms with E-state index in [1.54, 1.807) is 20.8 Å². The van der Waals surface area contributed by atoms with Crippen LogP contribution in [0.25, 0.3) is 11.0 Å². The Labute approximate surface area is 137 Å². The first kappa shape index (κ1) is 17.1. The Morgan fingerprint density at radius 2 is 2.04 bits per heavy atom. The number of hydrogen-bond acceptors (Lipinski definition) is 4. The Balaban J connectivity index is 2.36. The van der Waals surface area contributed by atoms with Crippen LogP contribution in [-0.2, 0) is 9.53 Å². The van der Waals surface area contributed by atoms with Crippen molar-refractivity contribution in [2.75, 3.05) is 6.61 Å². The molecule has 23 heavy (non-hydrogen) atoms. The molecule has 0 saturated heterocycles. The third-order valence-electron chi connectivity index (χ3n) is 3.33. The van der Waals surface area contributed by atoms with Gasteiger partial charge in [0.05, 0.1) is 23.2 Å². The number of nitrogens with one attached hydrogen (secondary N) is 3. The molecule has 0 aliphatic carbocycles. The Morgan fingerprint density at radius 3 is 2.65 bits per heavy atom. The number of amides is 1. The summed E-state index contributed by atoms with van der Waals surface area (Å²) in [4.78, 5) is 30.0. The van der Waals surface area contributed by atoms with Crippen LogP contribution in [0.5, 0.6) is 0 Å². The van der Waals surface area contributed by atoms with Gasteiger partial charge in [-0.25, -0.2) is 9.18 Å². The topological polar surface area (TPSA) is 87.0 Å². The minimum absolute atomic E-state index is 0.0716. The zero-order valence-electron chi connectivity index (χ0n) is 13.0. The second-order valence-corrected chi connectivity index (χ2v) is 5.81. The average molecular weight is 339 g/mol. The van der Waals surface area contributed by atoms with Crippen molar-refractivity contribution in [3.63, 3.8) is 0 Å². The van der Waals surface area contributed by atoms with Crippen molar-refractivity contribution in [3.8, 4) is 0 Å². The van der Waals surface area contributed by atoms with Gasteiger partial charge >= 0.3 is 5.97 Å². The maximum absolute atomic E-state index is 13.7. The molecule has 1 atom stereocenters. The number of rotatable bonds is 5. The van der Waals surface area contributed by atoms with E-state index in [0.717, 1.165) is 6.07 Å². The number of fused-ring (bicyclic) bond motifs is 1. The molecule has 2 aromatic rings. The summed E-state index contributed by atoms with van der Waals surface area (Å²) < 4.78 is 18.9. The first-order valence-electron chi connectivity index (χ1n) is 7.22. The Bertz CT molecular complexity index is 797. The zero-order chi connectivity index (χ0) is 17.1. The summed E-state index contributed by atoms with van der Waals surface area (Å²) >= 11 is 4.97. The SMILES string of the molecule is CCOC(=O)[C@@H](NC(=O)c1cc(F)cc2[nH]c(=S)[nH]c12)C(C)C. The van der Waals surface area contributed by atoms with Crippen LogP contribution < -0.4 is 5.32 Å². The fourth-order valence-electron chi connectivity index (χ4n) is 2.24. The predicted molar refractivity (Wildman–Crippen MR) is 86.2 cm³/mol. The van der Waals surface area contributed by atoms with Crippen LogP contribution in [0.15, 0.2) is 12.1 Å². The number of carbonyl (C=O) groups excluding carboxylic acids is 2. The van der Waals surface area contributed by atoms with Gasteiger partial charge in [-0.15, -0.1) is 0 Å². The number of esters is 1. The van der Waals surface area contributed by atoms with Crippen LogP contribution in [0.4, 0.5) is 4.39 Å². The Hall–Kier alpha value is -2.22. The van der Waals surface area contributed by atoms with Gasteiger partial charge in [0.1, 0.15) is 11.9 Å². The van der Waals surface area contributed by atoms with Crippen molar-refractivity contribution in [3.05, 3.63) is 28.3 Å². The molecule has 1 heterocycles. The third-order valence-corrected chi connectivity index (χ3v) is 3.53. The fourth-order valence-corrected chi connectivity index (χ4v) is 2.45. The van der Waals surface area contributed by atoms with E-state index in [2.05, 4.69) is 15.3 Å². The van der Waals surface area contributed by atoms with Crippen molar-refractivity contribution in [1.29, 1.82) is 0 Å². The lowest BCUT2D eigenvalue weighted by Crippen LogP contribution is -2.45. The van der Waals surface area contributed by atoms with Gasteiger partial charge in [0.2, 0.25) is 0 Å². The number of benzene rings is 1. The minimum atomic E-state index is -0.817. The van der Waals surface area contributed by atoms with Gasteiger partial charge in [-0.05, 0) is 37.2 Å². The van der Waals surface area contributed by atoms with Crippen molar-refractivity contribution in [1.82, 2.24) is 15.3 Å². The standard InChI is InChI=1S/C15H18FN3O3S/c1-4-22-14(21)11(7(2)3)18-13(20)9-5-8(16)6-10-12(9)19-15(23)17-10/h5-7,11H,4H2,1-3H3,(H,18,20)(H2,17,19,23)/t11-/m0/s1. The van der Waals surface area contributed by atoms with Crippen molar-refractivity contribution >= 4 is 35.1 Å². The summed E-state index contributed by atoms with van der Waals surface area (Å²) in [5.74, 6) is -1.85. The van der Waals surface area contributed by atoms with Crippen LogP contribution in [-0.4, -0.2) is 34.5 Å². The third kappa shape index (κ3) is 3.76. The molecule has 0 saturated carbocycles. The summed E-state index contributed by atoms with van der Waals surface area (Å²) in [6.45, 7) is 5.47. The largest absolute Gasteiger partial charge is 0.464 e. The summed E-state index contributed by atoms with van der Waals surface area (Å²) in [7, 11) is 0. The number of H-pyrrole nitrogens is 2. The molecule has 0 aliphatic rings. The number of ether oxygens (including phenoxy) is 1. The lowest BCUT2D eigenvalue weighted by molar-refractivity contribution is -0.146. The molecule has 0 fully saturated rings. The molecule has 6 nitrogen and oxygen atoms in total. The van der Waals surface area contributed by atoms with E-state index in [9.17, 15) is 14.0 Å². The summed E-state index contributed by atoms with van der Waals surface area (Å²) in [6.07, 6.45) is 0. The first-order chi connectivity index (χ1) is 10.8. The molecule has 0 radical (unpaired) electrons. The highest BCUT2D eigenvalue weighted by atomic mass is 32.1. The highest BCUT2D eigenvalue weighted by Crippen LogP contribution is 2.18. The van der Waals surface area contributed by atoms with Crippen molar-refractivity contribution in [2.45, 2.75) is 26.8 Å². The normalized spacial score (nSPS) is 12.4. The van der Waals surface area contributed by atoms with Crippen LogP contribution in [0, 0.1) is 16.5 Å².